The first-order valence-corrected chi connectivity index (χ1v) is 6.47. The van der Waals surface area contributed by atoms with Crippen molar-refractivity contribution in [3.05, 3.63) is 59.7 Å². The van der Waals surface area contributed by atoms with Crippen LogP contribution in [-0.4, -0.2) is 18.7 Å². The second-order valence-electron chi connectivity index (χ2n) is 4.82. The maximum atomic E-state index is 12.4. The summed E-state index contributed by atoms with van der Waals surface area (Å²) in [5, 5.41) is 0. The lowest BCUT2D eigenvalue weighted by atomic mass is 10.0. The lowest BCUT2D eigenvalue weighted by Crippen LogP contribution is -2.08. The molecule has 0 N–H and O–H groups in total. The monoisotopic (exact) mass is 268 g/mol. The summed E-state index contributed by atoms with van der Waals surface area (Å²) >= 11 is 0. The van der Waals surface area contributed by atoms with E-state index in [9.17, 15) is 4.79 Å². The van der Waals surface area contributed by atoms with Crippen LogP contribution in [0.5, 0.6) is 11.5 Å². The minimum atomic E-state index is -0.391. The molecule has 1 fully saturated rings. The number of ketones is 1. The zero-order valence-electron chi connectivity index (χ0n) is 10.6. The number of hydrogen-bond donors (Lipinski definition) is 0. The van der Waals surface area contributed by atoms with Crippen molar-refractivity contribution in [2.24, 2.45) is 0 Å². The Hall–Kier alpha value is -2.33. The fourth-order valence-corrected chi connectivity index (χ4v) is 2.42. The van der Waals surface area contributed by atoms with E-state index < -0.39 is 6.10 Å². The Morgan fingerprint density at radius 2 is 1.80 bits per heavy atom. The zero-order valence-corrected chi connectivity index (χ0v) is 10.6. The molecule has 2 heterocycles. The van der Waals surface area contributed by atoms with Crippen LogP contribution in [0, 0.1) is 0 Å². The molecule has 4 nitrogen and oxygen atoms in total. The number of benzene rings is 2. The third-order valence-corrected chi connectivity index (χ3v) is 3.54. The van der Waals surface area contributed by atoms with Gasteiger partial charge in [-0.3, -0.25) is 4.79 Å². The highest BCUT2D eigenvalue weighted by atomic mass is 16.7. The molecule has 0 spiro atoms. The predicted octanol–water partition coefficient (Wildman–Crippen LogP) is 2.74. The molecule has 0 saturated carbocycles. The fourth-order valence-electron chi connectivity index (χ4n) is 2.42. The summed E-state index contributed by atoms with van der Waals surface area (Å²) in [5.74, 6) is 1.28. The van der Waals surface area contributed by atoms with E-state index in [2.05, 4.69) is 0 Å². The standard InChI is InChI=1S/C16H12O4/c17-14(11-6-7-12-13(8-11)19-9-18-12)16-15(20-16)10-4-2-1-3-5-10/h1-8,15-16H,9H2/t15-,16+/m1/s1. The van der Waals surface area contributed by atoms with E-state index in [0.29, 0.717) is 17.1 Å². The van der Waals surface area contributed by atoms with E-state index >= 15 is 0 Å². The minimum Gasteiger partial charge on any atom is -0.454 e. The smallest absolute Gasteiger partial charge is 0.231 e. The highest BCUT2D eigenvalue weighted by molar-refractivity contribution is 6.02. The normalized spacial score (nSPS) is 22.6. The van der Waals surface area contributed by atoms with Gasteiger partial charge >= 0.3 is 0 Å². The van der Waals surface area contributed by atoms with Crippen LogP contribution in [0.1, 0.15) is 22.0 Å². The minimum absolute atomic E-state index is 0.0165. The van der Waals surface area contributed by atoms with Crippen molar-refractivity contribution in [2.75, 3.05) is 6.79 Å². The number of carbonyl (C=O) groups is 1. The molecule has 4 heteroatoms. The van der Waals surface area contributed by atoms with Crippen molar-refractivity contribution < 1.29 is 19.0 Å². The molecule has 2 aromatic carbocycles. The Morgan fingerprint density at radius 1 is 1.00 bits per heavy atom. The maximum Gasteiger partial charge on any atom is 0.231 e. The summed E-state index contributed by atoms with van der Waals surface area (Å²) in [6.07, 6.45) is -0.521. The van der Waals surface area contributed by atoms with Crippen molar-refractivity contribution in [1.29, 1.82) is 0 Å². The van der Waals surface area contributed by atoms with E-state index in [0.717, 1.165) is 5.56 Å². The lowest BCUT2D eigenvalue weighted by Gasteiger charge is -2.00. The Morgan fingerprint density at radius 3 is 2.65 bits per heavy atom. The van der Waals surface area contributed by atoms with Crippen LogP contribution in [0.25, 0.3) is 0 Å². The van der Waals surface area contributed by atoms with Crippen molar-refractivity contribution in [2.45, 2.75) is 12.2 Å². The van der Waals surface area contributed by atoms with Gasteiger partial charge in [0.25, 0.3) is 0 Å². The second-order valence-corrected chi connectivity index (χ2v) is 4.82. The Balaban J connectivity index is 1.55. The molecule has 0 amide bonds. The summed E-state index contributed by atoms with van der Waals surface area (Å²) in [7, 11) is 0. The first-order chi connectivity index (χ1) is 9.83. The molecule has 100 valence electrons. The van der Waals surface area contributed by atoms with Crippen molar-refractivity contribution >= 4 is 5.78 Å². The maximum absolute atomic E-state index is 12.4. The van der Waals surface area contributed by atoms with Crippen LogP contribution in [-0.2, 0) is 4.74 Å². The van der Waals surface area contributed by atoms with Gasteiger partial charge in [0.2, 0.25) is 6.79 Å². The molecule has 20 heavy (non-hydrogen) atoms. The summed E-state index contributed by atoms with van der Waals surface area (Å²) in [5.41, 5.74) is 1.63. The van der Waals surface area contributed by atoms with E-state index in [4.69, 9.17) is 14.2 Å². The van der Waals surface area contributed by atoms with E-state index in [-0.39, 0.29) is 18.7 Å². The number of Topliss-reactive ketones (excluding diaryl/α,β-unsaturated/α-hetero) is 1. The number of hydrogen-bond acceptors (Lipinski definition) is 4. The van der Waals surface area contributed by atoms with Crippen LogP contribution in [0.15, 0.2) is 48.5 Å². The van der Waals surface area contributed by atoms with Gasteiger partial charge in [-0.25, -0.2) is 0 Å². The van der Waals surface area contributed by atoms with Gasteiger partial charge in [-0.15, -0.1) is 0 Å². The van der Waals surface area contributed by atoms with Gasteiger partial charge in [-0.1, -0.05) is 30.3 Å². The predicted molar refractivity (Wildman–Crippen MR) is 71.0 cm³/mol. The molecule has 0 radical (unpaired) electrons. The first-order valence-electron chi connectivity index (χ1n) is 6.47. The average molecular weight is 268 g/mol. The second kappa shape index (κ2) is 4.35. The lowest BCUT2D eigenvalue weighted by molar-refractivity contribution is 0.0953. The SMILES string of the molecule is O=C(c1ccc2c(c1)OCO2)[C@@H]1O[C@@H]1c1ccccc1. The van der Waals surface area contributed by atoms with Crippen molar-refractivity contribution in [3.8, 4) is 11.5 Å². The quantitative estimate of drug-likeness (QED) is 0.634. The molecule has 0 bridgehead atoms. The molecule has 2 atom stereocenters. The van der Waals surface area contributed by atoms with E-state index in [1.807, 2.05) is 30.3 Å². The third kappa shape index (κ3) is 1.85. The molecular weight excluding hydrogens is 256 g/mol. The first kappa shape index (κ1) is 11.5. The third-order valence-electron chi connectivity index (χ3n) is 3.54. The number of carbonyl (C=O) groups excluding carboxylic acids is 1. The fraction of sp³-hybridized carbons (Fsp3) is 0.188. The van der Waals surface area contributed by atoms with Crippen molar-refractivity contribution in [1.82, 2.24) is 0 Å². The molecule has 2 aliphatic heterocycles. The van der Waals surface area contributed by atoms with Gasteiger partial charge in [-0.05, 0) is 23.8 Å². The molecule has 1 saturated heterocycles. The Labute approximate surface area is 115 Å². The van der Waals surface area contributed by atoms with Gasteiger partial charge in [0.15, 0.2) is 23.4 Å². The summed E-state index contributed by atoms with van der Waals surface area (Å²) in [6.45, 7) is 0.208. The van der Waals surface area contributed by atoms with Gasteiger partial charge in [0.1, 0.15) is 6.10 Å². The molecule has 0 unspecified atom stereocenters. The van der Waals surface area contributed by atoms with Gasteiger partial charge in [-0.2, -0.15) is 0 Å². The summed E-state index contributed by atoms with van der Waals surface area (Å²) < 4.78 is 16.0. The highest BCUT2D eigenvalue weighted by Crippen LogP contribution is 2.41. The highest BCUT2D eigenvalue weighted by Gasteiger charge is 2.46. The van der Waals surface area contributed by atoms with E-state index in [1.54, 1.807) is 18.2 Å². The summed E-state index contributed by atoms with van der Waals surface area (Å²) in [4.78, 5) is 12.4. The molecule has 4 rings (SSSR count). The van der Waals surface area contributed by atoms with Crippen LogP contribution < -0.4 is 9.47 Å². The summed E-state index contributed by atoms with van der Waals surface area (Å²) in [6, 6.07) is 15.0. The molecule has 2 aliphatic rings. The number of epoxide rings is 1. The Kier molecular flexibility index (Phi) is 2.50. The van der Waals surface area contributed by atoms with Crippen LogP contribution in [0.3, 0.4) is 0 Å². The molecule has 0 aromatic heterocycles. The van der Waals surface area contributed by atoms with Gasteiger partial charge < -0.3 is 14.2 Å². The van der Waals surface area contributed by atoms with Crippen LogP contribution in [0.2, 0.25) is 0 Å². The topological polar surface area (TPSA) is 48.1 Å². The van der Waals surface area contributed by atoms with Gasteiger partial charge in [0, 0.05) is 5.56 Å². The Bertz CT molecular complexity index is 665. The number of ether oxygens (including phenoxy) is 3. The van der Waals surface area contributed by atoms with Crippen molar-refractivity contribution in [3.63, 3.8) is 0 Å². The van der Waals surface area contributed by atoms with Gasteiger partial charge in [0.05, 0.1) is 0 Å². The number of fused-ring (bicyclic) bond motifs is 1. The molecule has 0 aliphatic carbocycles. The molecular formula is C16H12O4. The van der Waals surface area contributed by atoms with Crippen LogP contribution >= 0.6 is 0 Å². The van der Waals surface area contributed by atoms with E-state index in [1.165, 1.54) is 0 Å². The largest absolute Gasteiger partial charge is 0.454 e. The average Bonchev–Trinajstić information content (AvgIpc) is 3.17. The number of rotatable bonds is 3. The van der Waals surface area contributed by atoms with Crippen LogP contribution in [0.4, 0.5) is 0 Å². The zero-order chi connectivity index (χ0) is 13.5. The molecule has 2 aromatic rings.